The van der Waals surface area contributed by atoms with Crippen molar-refractivity contribution in [2.45, 2.75) is 65.2 Å². The van der Waals surface area contributed by atoms with Crippen molar-refractivity contribution in [2.24, 2.45) is 0 Å². The number of anilines is 4. The van der Waals surface area contributed by atoms with Crippen LogP contribution in [0.2, 0.25) is 0 Å². The fourth-order valence-corrected chi connectivity index (χ4v) is 5.73. The van der Waals surface area contributed by atoms with Crippen molar-refractivity contribution in [1.29, 1.82) is 0 Å². The summed E-state index contributed by atoms with van der Waals surface area (Å²) in [6, 6.07) is 31.3. The van der Waals surface area contributed by atoms with Gasteiger partial charge in [0.25, 0.3) is 0 Å². The van der Waals surface area contributed by atoms with Crippen LogP contribution in [0.4, 0.5) is 22.7 Å². The van der Waals surface area contributed by atoms with Crippen LogP contribution in [0.25, 0.3) is 0 Å². The van der Waals surface area contributed by atoms with Crippen molar-refractivity contribution >= 4 is 22.7 Å². The molecule has 1 aliphatic rings. The topological polar surface area (TPSA) is 24.1 Å². The van der Waals surface area contributed by atoms with Gasteiger partial charge in [-0.1, -0.05) is 67.8 Å². The molecule has 2 nitrogen and oxygen atoms in total. The van der Waals surface area contributed by atoms with Crippen LogP contribution in [0, 0.1) is 27.7 Å². The number of aryl methyl sites for hydroxylation is 2. The standard InChI is InChI=1S/C34H38N2/c1-24-10-8-12-32(26(24)3)35-30-18-14-28(15-19-30)34(22-6-5-7-23-34)29-16-20-31(21-17-29)36-33-13-9-11-25(2)27(33)4/h8-21,35-36H,5-7,22-23H2,1-4H3. The lowest BCUT2D eigenvalue weighted by atomic mass is 9.65. The van der Waals surface area contributed by atoms with E-state index in [1.807, 2.05) is 0 Å². The second kappa shape index (κ2) is 10.2. The first kappa shape index (κ1) is 24.2. The fourth-order valence-electron chi connectivity index (χ4n) is 5.73. The van der Waals surface area contributed by atoms with Crippen LogP contribution < -0.4 is 10.6 Å². The van der Waals surface area contributed by atoms with E-state index >= 15 is 0 Å². The van der Waals surface area contributed by atoms with Crippen molar-refractivity contribution in [2.75, 3.05) is 10.6 Å². The zero-order valence-corrected chi connectivity index (χ0v) is 22.1. The van der Waals surface area contributed by atoms with Gasteiger partial charge in [-0.05, 0) is 110 Å². The Morgan fingerprint density at radius 1 is 0.500 bits per heavy atom. The molecule has 5 rings (SSSR count). The normalized spacial score (nSPS) is 14.9. The lowest BCUT2D eigenvalue weighted by molar-refractivity contribution is 0.346. The van der Waals surface area contributed by atoms with Crippen molar-refractivity contribution in [3.63, 3.8) is 0 Å². The number of hydrogen-bond acceptors (Lipinski definition) is 2. The van der Waals surface area contributed by atoms with Gasteiger partial charge < -0.3 is 10.6 Å². The molecule has 4 aromatic rings. The highest BCUT2D eigenvalue weighted by Gasteiger charge is 2.35. The summed E-state index contributed by atoms with van der Waals surface area (Å²) in [5.41, 5.74) is 12.9. The fraction of sp³-hybridized carbons (Fsp3) is 0.294. The molecule has 0 unspecified atom stereocenters. The lowest BCUT2D eigenvalue weighted by Crippen LogP contribution is -2.30. The van der Waals surface area contributed by atoms with E-state index in [0.29, 0.717) is 0 Å². The van der Waals surface area contributed by atoms with Crippen molar-refractivity contribution in [3.05, 3.63) is 118 Å². The van der Waals surface area contributed by atoms with Crippen molar-refractivity contribution in [3.8, 4) is 0 Å². The third-order valence-corrected chi connectivity index (χ3v) is 8.35. The SMILES string of the molecule is Cc1cccc(Nc2ccc(C3(c4ccc(Nc5cccc(C)c5C)cc4)CCCCC3)cc2)c1C. The quantitative estimate of drug-likeness (QED) is 0.291. The Bertz CT molecular complexity index is 1230. The summed E-state index contributed by atoms with van der Waals surface area (Å²) < 4.78 is 0. The van der Waals surface area contributed by atoms with Crippen LogP contribution in [-0.4, -0.2) is 0 Å². The first-order valence-corrected chi connectivity index (χ1v) is 13.3. The molecule has 2 heteroatoms. The minimum atomic E-state index is 0.0911. The molecule has 1 fully saturated rings. The molecule has 0 amide bonds. The molecule has 1 saturated carbocycles. The third-order valence-electron chi connectivity index (χ3n) is 8.35. The van der Waals surface area contributed by atoms with E-state index in [1.165, 1.54) is 76.9 Å². The van der Waals surface area contributed by atoms with E-state index in [9.17, 15) is 0 Å². The molecule has 4 aromatic carbocycles. The van der Waals surface area contributed by atoms with Crippen molar-refractivity contribution in [1.82, 2.24) is 0 Å². The molecule has 2 N–H and O–H groups in total. The zero-order valence-electron chi connectivity index (χ0n) is 22.1. The largest absolute Gasteiger partial charge is 0.355 e. The summed E-state index contributed by atoms with van der Waals surface area (Å²) in [4.78, 5) is 0. The van der Waals surface area contributed by atoms with Crippen molar-refractivity contribution < 1.29 is 0 Å². The average molecular weight is 475 g/mol. The number of benzene rings is 4. The zero-order chi connectivity index (χ0) is 25.1. The van der Waals surface area contributed by atoms with E-state index in [1.54, 1.807) is 0 Å². The summed E-state index contributed by atoms with van der Waals surface area (Å²) in [6.45, 7) is 8.70. The molecule has 0 radical (unpaired) electrons. The monoisotopic (exact) mass is 474 g/mol. The molecule has 0 aliphatic heterocycles. The summed E-state index contributed by atoms with van der Waals surface area (Å²) in [6.07, 6.45) is 6.32. The molecular formula is C34H38N2. The number of nitrogens with one attached hydrogen (secondary N) is 2. The van der Waals surface area contributed by atoms with Crippen LogP contribution >= 0.6 is 0 Å². The van der Waals surface area contributed by atoms with Gasteiger partial charge in [-0.3, -0.25) is 0 Å². The van der Waals surface area contributed by atoms with Crippen LogP contribution in [0.15, 0.2) is 84.9 Å². The maximum absolute atomic E-state index is 3.63. The van der Waals surface area contributed by atoms with E-state index in [0.717, 1.165) is 11.4 Å². The minimum Gasteiger partial charge on any atom is -0.355 e. The Morgan fingerprint density at radius 3 is 1.33 bits per heavy atom. The molecule has 0 spiro atoms. The molecule has 0 saturated heterocycles. The van der Waals surface area contributed by atoms with Crippen LogP contribution in [0.3, 0.4) is 0 Å². The van der Waals surface area contributed by atoms with Gasteiger partial charge in [0.15, 0.2) is 0 Å². The van der Waals surface area contributed by atoms with E-state index in [4.69, 9.17) is 0 Å². The highest BCUT2D eigenvalue weighted by molar-refractivity contribution is 5.66. The van der Waals surface area contributed by atoms with Crippen LogP contribution in [-0.2, 0) is 5.41 Å². The molecule has 36 heavy (non-hydrogen) atoms. The first-order chi connectivity index (χ1) is 17.5. The number of hydrogen-bond donors (Lipinski definition) is 2. The van der Waals surface area contributed by atoms with Gasteiger partial charge in [-0.25, -0.2) is 0 Å². The number of rotatable bonds is 6. The minimum absolute atomic E-state index is 0.0911. The average Bonchev–Trinajstić information content (AvgIpc) is 2.91. The van der Waals surface area contributed by atoms with E-state index in [-0.39, 0.29) is 5.41 Å². The van der Waals surface area contributed by atoms with E-state index in [2.05, 4.69) is 123 Å². The van der Waals surface area contributed by atoms with Gasteiger partial charge in [-0.15, -0.1) is 0 Å². The Kier molecular flexibility index (Phi) is 6.87. The second-order valence-corrected chi connectivity index (χ2v) is 10.5. The molecular weight excluding hydrogens is 436 g/mol. The Morgan fingerprint density at radius 2 is 0.917 bits per heavy atom. The lowest BCUT2D eigenvalue weighted by Gasteiger charge is -2.39. The molecule has 1 aliphatic carbocycles. The van der Waals surface area contributed by atoms with Crippen LogP contribution in [0.5, 0.6) is 0 Å². The molecule has 0 aromatic heterocycles. The van der Waals surface area contributed by atoms with E-state index < -0.39 is 0 Å². The van der Waals surface area contributed by atoms with Gasteiger partial charge in [0.1, 0.15) is 0 Å². The Hall–Kier alpha value is -3.52. The summed E-state index contributed by atoms with van der Waals surface area (Å²) >= 11 is 0. The van der Waals surface area contributed by atoms with Crippen LogP contribution in [0.1, 0.15) is 65.5 Å². The summed E-state index contributed by atoms with van der Waals surface area (Å²) in [5, 5.41) is 7.25. The van der Waals surface area contributed by atoms with Gasteiger partial charge >= 0.3 is 0 Å². The Labute approximate surface area is 216 Å². The van der Waals surface area contributed by atoms with Gasteiger partial charge in [0.2, 0.25) is 0 Å². The molecule has 0 atom stereocenters. The molecule has 184 valence electrons. The smallest absolute Gasteiger partial charge is 0.0416 e. The highest BCUT2D eigenvalue weighted by Crippen LogP contribution is 2.45. The van der Waals surface area contributed by atoms with Gasteiger partial charge in [-0.2, -0.15) is 0 Å². The predicted molar refractivity (Wildman–Crippen MR) is 155 cm³/mol. The molecule has 0 heterocycles. The maximum Gasteiger partial charge on any atom is 0.0416 e. The second-order valence-electron chi connectivity index (χ2n) is 10.5. The first-order valence-electron chi connectivity index (χ1n) is 13.3. The Balaban J connectivity index is 1.40. The maximum atomic E-state index is 3.63. The highest BCUT2D eigenvalue weighted by atomic mass is 14.9. The predicted octanol–water partition coefficient (Wildman–Crippen LogP) is 9.66. The van der Waals surface area contributed by atoms with Gasteiger partial charge in [0.05, 0.1) is 0 Å². The summed E-state index contributed by atoms with van der Waals surface area (Å²) in [5.74, 6) is 0. The van der Waals surface area contributed by atoms with Gasteiger partial charge in [0, 0.05) is 28.2 Å². The third kappa shape index (κ3) is 4.78. The molecule has 0 bridgehead atoms. The summed E-state index contributed by atoms with van der Waals surface area (Å²) in [7, 11) is 0.